The summed E-state index contributed by atoms with van der Waals surface area (Å²) in [5.74, 6) is -1.78. The number of methoxy groups -OCH3 is 1. The molecule has 1 saturated heterocycles. The van der Waals surface area contributed by atoms with E-state index in [1.807, 2.05) is 0 Å². The van der Waals surface area contributed by atoms with Gasteiger partial charge in [0, 0.05) is 7.11 Å². The van der Waals surface area contributed by atoms with E-state index in [1.165, 1.54) is 5.56 Å². The molecule has 1 aromatic rings. The first-order valence-corrected chi connectivity index (χ1v) is 7.80. The summed E-state index contributed by atoms with van der Waals surface area (Å²) in [5, 5.41) is 0. The Morgan fingerprint density at radius 1 is 1.27 bits per heavy atom. The van der Waals surface area contributed by atoms with Gasteiger partial charge >= 0.3 is 11.9 Å². The maximum Gasteiger partial charge on any atom is 0.320 e. The molecule has 2 aliphatic rings. The molecule has 0 spiro atoms. The molecule has 1 aromatic carbocycles. The number of rotatable bonds is 3. The first-order valence-electron chi connectivity index (χ1n) is 7.80. The SMILES string of the molecule is CCC(C)(C)c1ccc2c(c1)C(OC)C1C(=O)OC(=O)C1C2. The molecule has 0 aromatic heterocycles. The van der Waals surface area contributed by atoms with Gasteiger partial charge in [-0.15, -0.1) is 0 Å². The highest BCUT2D eigenvalue weighted by Crippen LogP contribution is 2.45. The second-order valence-electron chi connectivity index (χ2n) is 6.88. The number of hydrogen-bond acceptors (Lipinski definition) is 4. The lowest BCUT2D eigenvalue weighted by Gasteiger charge is -2.33. The molecule has 0 saturated carbocycles. The van der Waals surface area contributed by atoms with Gasteiger partial charge in [0.2, 0.25) is 0 Å². The Morgan fingerprint density at radius 2 is 2.00 bits per heavy atom. The van der Waals surface area contributed by atoms with Crippen molar-refractivity contribution in [3.8, 4) is 0 Å². The Bertz CT molecular complexity index is 632. The van der Waals surface area contributed by atoms with Crippen LogP contribution in [-0.4, -0.2) is 19.0 Å². The standard InChI is InChI=1S/C18H22O4/c1-5-18(2,3)11-7-6-10-8-13-14(17(20)22-16(13)19)15(21-4)12(10)9-11/h6-7,9,13-15H,5,8H2,1-4H3. The van der Waals surface area contributed by atoms with Gasteiger partial charge in [0.25, 0.3) is 0 Å². The summed E-state index contributed by atoms with van der Waals surface area (Å²) in [6.07, 6.45) is 1.17. The van der Waals surface area contributed by atoms with Crippen LogP contribution in [0.5, 0.6) is 0 Å². The molecular weight excluding hydrogens is 280 g/mol. The zero-order valence-electron chi connectivity index (χ0n) is 13.5. The maximum atomic E-state index is 12.0. The number of hydrogen-bond donors (Lipinski definition) is 0. The zero-order valence-corrected chi connectivity index (χ0v) is 13.5. The van der Waals surface area contributed by atoms with Crippen LogP contribution in [0.1, 0.15) is 50.0 Å². The highest BCUT2D eigenvalue weighted by atomic mass is 16.6. The van der Waals surface area contributed by atoms with Gasteiger partial charge in [0.1, 0.15) is 5.92 Å². The van der Waals surface area contributed by atoms with Crippen molar-refractivity contribution in [2.24, 2.45) is 11.8 Å². The number of esters is 2. The van der Waals surface area contributed by atoms with Crippen LogP contribution >= 0.6 is 0 Å². The van der Waals surface area contributed by atoms with E-state index < -0.39 is 29.9 Å². The molecule has 1 heterocycles. The van der Waals surface area contributed by atoms with Gasteiger partial charge in [-0.05, 0) is 34.9 Å². The highest BCUT2D eigenvalue weighted by Gasteiger charge is 2.52. The molecule has 0 amide bonds. The van der Waals surface area contributed by atoms with Crippen molar-refractivity contribution in [1.29, 1.82) is 0 Å². The third kappa shape index (κ3) is 2.17. The third-order valence-corrected chi connectivity index (χ3v) is 5.35. The smallest absolute Gasteiger partial charge is 0.320 e. The van der Waals surface area contributed by atoms with E-state index in [0.717, 1.165) is 17.5 Å². The lowest BCUT2D eigenvalue weighted by atomic mass is 9.72. The Labute approximate surface area is 130 Å². The van der Waals surface area contributed by atoms with Crippen LogP contribution in [0.25, 0.3) is 0 Å². The van der Waals surface area contributed by atoms with Gasteiger partial charge in [-0.3, -0.25) is 9.59 Å². The van der Waals surface area contributed by atoms with Gasteiger partial charge < -0.3 is 9.47 Å². The van der Waals surface area contributed by atoms with E-state index in [2.05, 4.69) is 39.0 Å². The van der Waals surface area contributed by atoms with Crippen molar-refractivity contribution in [3.63, 3.8) is 0 Å². The molecule has 118 valence electrons. The molecule has 22 heavy (non-hydrogen) atoms. The monoisotopic (exact) mass is 302 g/mol. The molecule has 4 nitrogen and oxygen atoms in total. The molecule has 3 unspecified atom stereocenters. The van der Waals surface area contributed by atoms with E-state index in [4.69, 9.17) is 9.47 Å². The van der Waals surface area contributed by atoms with Crippen molar-refractivity contribution in [1.82, 2.24) is 0 Å². The van der Waals surface area contributed by atoms with Crippen LogP contribution in [0.3, 0.4) is 0 Å². The molecule has 0 radical (unpaired) electrons. The van der Waals surface area contributed by atoms with Crippen LogP contribution in [0, 0.1) is 11.8 Å². The number of carbonyl (C=O) groups excluding carboxylic acids is 2. The van der Waals surface area contributed by atoms with Gasteiger partial charge in [0.05, 0.1) is 12.0 Å². The molecule has 3 atom stereocenters. The number of fused-ring (bicyclic) bond motifs is 2. The van der Waals surface area contributed by atoms with Crippen molar-refractivity contribution in [3.05, 3.63) is 34.9 Å². The fourth-order valence-electron chi connectivity index (χ4n) is 3.47. The first kappa shape index (κ1) is 15.2. The summed E-state index contributed by atoms with van der Waals surface area (Å²) >= 11 is 0. The number of carbonyl (C=O) groups is 2. The Hall–Kier alpha value is -1.68. The lowest BCUT2D eigenvalue weighted by Crippen LogP contribution is -2.33. The summed E-state index contributed by atoms with van der Waals surface area (Å²) in [6, 6.07) is 6.33. The molecule has 1 fully saturated rings. The normalized spacial score (nSPS) is 27.4. The molecule has 4 heteroatoms. The minimum absolute atomic E-state index is 0.0656. The van der Waals surface area contributed by atoms with E-state index in [1.54, 1.807) is 7.11 Å². The quantitative estimate of drug-likeness (QED) is 0.636. The second-order valence-corrected chi connectivity index (χ2v) is 6.88. The van der Waals surface area contributed by atoms with Crippen molar-refractivity contribution in [2.75, 3.05) is 7.11 Å². The average molecular weight is 302 g/mol. The molecule has 0 bridgehead atoms. The lowest BCUT2D eigenvalue weighted by molar-refractivity contribution is -0.154. The zero-order chi connectivity index (χ0) is 16.1. The van der Waals surface area contributed by atoms with Crippen molar-refractivity contribution in [2.45, 2.75) is 45.1 Å². The summed E-state index contributed by atoms with van der Waals surface area (Å²) in [7, 11) is 1.59. The van der Waals surface area contributed by atoms with E-state index in [0.29, 0.717) is 6.42 Å². The van der Waals surface area contributed by atoms with E-state index >= 15 is 0 Å². The predicted octanol–water partition coefficient (Wildman–Crippen LogP) is 2.93. The Kier molecular flexibility index (Phi) is 3.60. The van der Waals surface area contributed by atoms with Crippen LogP contribution in [-0.2, 0) is 30.9 Å². The number of ether oxygens (including phenoxy) is 2. The molecule has 0 N–H and O–H groups in total. The summed E-state index contributed by atoms with van der Waals surface area (Å²) < 4.78 is 10.4. The summed E-state index contributed by atoms with van der Waals surface area (Å²) in [6.45, 7) is 6.57. The molecular formula is C18H22O4. The minimum Gasteiger partial charge on any atom is -0.393 e. The third-order valence-electron chi connectivity index (χ3n) is 5.35. The summed E-state index contributed by atoms with van der Waals surface area (Å²) in [4.78, 5) is 23.9. The van der Waals surface area contributed by atoms with Crippen molar-refractivity contribution >= 4 is 11.9 Å². The number of benzene rings is 1. The first-order chi connectivity index (χ1) is 10.4. The van der Waals surface area contributed by atoms with Crippen LogP contribution in [0.2, 0.25) is 0 Å². The molecule has 3 rings (SSSR count). The van der Waals surface area contributed by atoms with Crippen LogP contribution < -0.4 is 0 Å². The van der Waals surface area contributed by atoms with Gasteiger partial charge in [-0.25, -0.2) is 0 Å². The molecule has 1 aliphatic carbocycles. The topological polar surface area (TPSA) is 52.6 Å². The Balaban J connectivity index is 2.08. The maximum absolute atomic E-state index is 12.0. The second kappa shape index (κ2) is 5.20. The average Bonchev–Trinajstić information content (AvgIpc) is 2.79. The predicted molar refractivity (Wildman–Crippen MR) is 81.3 cm³/mol. The van der Waals surface area contributed by atoms with Crippen molar-refractivity contribution < 1.29 is 19.1 Å². The van der Waals surface area contributed by atoms with Gasteiger partial charge in [0.15, 0.2) is 0 Å². The van der Waals surface area contributed by atoms with Gasteiger partial charge in [-0.2, -0.15) is 0 Å². The fraction of sp³-hybridized carbons (Fsp3) is 0.556. The van der Waals surface area contributed by atoms with E-state index in [-0.39, 0.29) is 5.41 Å². The van der Waals surface area contributed by atoms with Crippen LogP contribution in [0.15, 0.2) is 18.2 Å². The summed E-state index contributed by atoms with van der Waals surface area (Å²) in [5.41, 5.74) is 3.40. The minimum atomic E-state index is -0.509. The number of cyclic esters (lactones) is 2. The van der Waals surface area contributed by atoms with Crippen LogP contribution in [0.4, 0.5) is 0 Å². The highest BCUT2D eigenvalue weighted by molar-refractivity contribution is 5.97. The Morgan fingerprint density at radius 3 is 2.64 bits per heavy atom. The fourth-order valence-corrected chi connectivity index (χ4v) is 3.47. The molecule has 1 aliphatic heterocycles. The van der Waals surface area contributed by atoms with Gasteiger partial charge in [-0.1, -0.05) is 39.0 Å². The van der Waals surface area contributed by atoms with E-state index in [9.17, 15) is 9.59 Å². The largest absolute Gasteiger partial charge is 0.393 e.